The number of hydrogen-bond acceptors (Lipinski definition) is 4. The van der Waals surface area contributed by atoms with Gasteiger partial charge in [-0.1, -0.05) is 83.7 Å². The van der Waals surface area contributed by atoms with E-state index < -0.39 is 19.2 Å². The number of para-hydroxylation sites is 3. The van der Waals surface area contributed by atoms with Crippen LogP contribution in [0.3, 0.4) is 0 Å². The van der Waals surface area contributed by atoms with Gasteiger partial charge in [0.05, 0.1) is 22.4 Å². The van der Waals surface area contributed by atoms with Gasteiger partial charge in [0.1, 0.15) is 16.7 Å². The maximum Gasteiger partial charge on any atom is 0 e. The maximum absolute atomic E-state index is 8.44. The van der Waals surface area contributed by atoms with E-state index >= 15 is 0 Å². The molecule has 0 aliphatic heterocycles. The molecular formula is C56H47GeIrN3O2-2. The van der Waals surface area contributed by atoms with Crippen molar-refractivity contribution in [3.8, 4) is 39.5 Å². The van der Waals surface area contributed by atoms with Gasteiger partial charge in [-0.3, -0.25) is 4.98 Å². The Balaban J connectivity index is 0.000000209. The first kappa shape index (κ1) is 41.0. The zero-order valence-electron chi connectivity index (χ0n) is 37.4. The van der Waals surface area contributed by atoms with Crippen molar-refractivity contribution >= 4 is 72.6 Å². The largest absolute Gasteiger partial charge is 0 e. The second-order valence-electron chi connectivity index (χ2n) is 17.3. The molecule has 0 aliphatic rings. The van der Waals surface area contributed by atoms with E-state index in [0.717, 1.165) is 111 Å². The van der Waals surface area contributed by atoms with Gasteiger partial charge in [-0.25, -0.2) is 0 Å². The van der Waals surface area contributed by atoms with Gasteiger partial charge in [-0.05, 0) is 60.9 Å². The molecule has 313 valence electrons. The first-order valence-corrected chi connectivity index (χ1v) is 28.5. The van der Waals surface area contributed by atoms with E-state index in [0.29, 0.717) is 0 Å². The van der Waals surface area contributed by atoms with Crippen LogP contribution in [0.5, 0.6) is 0 Å². The fourth-order valence-electron chi connectivity index (χ4n) is 8.82. The van der Waals surface area contributed by atoms with Crippen LogP contribution in [-0.2, 0) is 20.1 Å². The smallest absolute Gasteiger partial charge is 0 e. The minimum Gasteiger partial charge on any atom is 0 e. The van der Waals surface area contributed by atoms with Gasteiger partial charge in [-0.15, -0.1) is 18.2 Å². The molecule has 1 radical (unpaired) electrons. The molecule has 5 nitrogen and oxygen atoms in total. The molecule has 7 heteroatoms. The summed E-state index contributed by atoms with van der Waals surface area (Å²) in [6.07, 6.45) is 2.00. The van der Waals surface area contributed by atoms with E-state index in [1.807, 2.05) is 74.6 Å². The van der Waals surface area contributed by atoms with Crippen LogP contribution in [0, 0.1) is 26.0 Å². The van der Waals surface area contributed by atoms with E-state index in [4.69, 9.17) is 15.2 Å². The number of fused-ring (bicyclic) bond motifs is 7. The van der Waals surface area contributed by atoms with E-state index in [9.17, 15) is 0 Å². The number of aromatic nitrogens is 3. The number of furan rings is 2. The summed E-state index contributed by atoms with van der Waals surface area (Å²) >= 11 is -2.03. The Hall–Kier alpha value is -6.05. The van der Waals surface area contributed by atoms with Crippen LogP contribution in [0.25, 0.3) is 94.4 Å². The van der Waals surface area contributed by atoms with Crippen molar-refractivity contribution in [1.29, 1.82) is 0 Å². The number of aryl methyl sites for hydroxylation is 2. The van der Waals surface area contributed by atoms with E-state index in [1.54, 1.807) is 0 Å². The Bertz CT molecular complexity index is 3510. The Kier molecular flexibility index (Phi) is 11.0. The Morgan fingerprint density at radius 2 is 1.40 bits per heavy atom. The molecule has 4 heterocycles. The number of rotatable bonds is 6. The Morgan fingerprint density at radius 3 is 2.17 bits per heavy atom. The van der Waals surface area contributed by atoms with Gasteiger partial charge in [0.25, 0.3) is 0 Å². The van der Waals surface area contributed by atoms with Crippen LogP contribution < -0.4 is 4.40 Å². The van der Waals surface area contributed by atoms with Gasteiger partial charge in [-0.2, -0.15) is 0 Å². The number of nitrogens with zero attached hydrogens (tertiary/aromatic N) is 3. The molecule has 4 aromatic heterocycles. The zero-order valence-corrected chi connectivity index (χ0v) is 40.9. The Morgan fingerprint density at radius 1 is 0.667 bits per heavy atom. The van der Waals surface area contributed by atoms with Crippen molar-refractivity contribution in [2.45, 2.75) is 50.9 Å². The van der Waals surface area contributed by atoms with Crippen molar-refractivity contribution < 1.29 is 30.3 Å². The van der Waals surface area contributed by atoms with Gasteiger partial charge in [0.2, 0.25) is 0 Å². The van der Waals surface area contributed by atoms with Crippen LogP contribution in [0.4, 0.5) is 0 Å². The summed E-state index contributed by atoms with van der Waals surface area (Å²) in [4.78, 5) is 9.81. The van der Waals surface area contributed by atoms with Crippen LogP contribution in [-0.4, -0.2) is 27.8 Å². The quantitative estimate of drug-likeness (QED) is 0.123. The van der Waals surface area contributed by atoms with Gasteiger partial charge < -0.3 is 13.4 Å². The minimum absolute atomic E-state index is 0. The second-order valence-corrected chi connectivity index (χ2v) is 27.9. The zero-order chi connectivity index (χ0) is 43.6. The van der Waals surface area contributed by atoms with Crippen molar-refractivity contribution in [3.63, 3.8) is 0 Å². The average Bonchev–Trinajstić information content (AvgIpc) is 3.98. The predicted octanol–water partition coefficient (Wildman–Crippen LogP) is 14.8. The molecule has 0 saturated heterocycles. The molecule has 11 rings (SSSR count). The van der Waals surface area contributed by atoms with E-state index in [1.165, 1.54) is 4.40 Å². The molecule has 0 atom stereocenters. The topological polar surface area (TPSA) is 57.0 Å². The van der Waals surface area contributed by atoms with Crippen LogP contribution >= 0.6 is 0 Å². The first-order valence-electron chi connectivity index (χ1n) is 21.7. The van der Waals surface area contributed by atoms with Crippen molar-refractivity contribution in [3.05, 3.63) is 181 Å². The standard InChI is InChI=1S/C39H25N2O2.C17H22GeN.Ir/c1-23-21-31-27-13-6-9-18-34(27)42-37(31)24(2)36(23)41-33-17-8-7-16-32(33)40-39(41)30-15-10-14-29-28-20-19-26(22-35(28)43-38(29)30)25-11-4-3-5-12-25;1-13(2)15-11-17(14-9-7-6-8-10-14)19-12-16(15)18(3,4)5;/h3-14,16-22H,1-2H3;6-9,11-13H,1-5H3;/q2*-1;/i;13D;. The summed E-state index contributed by atoms with van der Waals surface area (Å²) in [5.74, 6) is 7.23. The second kappa shape index (κ2) is 16.9. The Labute approximate surface area is 385 Å². The number of imidazole rings is 1. The molecular weight excluding hydrogens is 1010 g/mol. The average molecular weight is 1060 g/mol. The van der Waals surface area contributed by atoms with Crippen LogP contribution in [0.1, 0.15) is 37.8 Å². The predicted molar refractivity (Wildman–Crippen MR) is 260 cm³/mol. The molecule has 11 aromatic rings. The fourth-order valence-corrected chi connectivity index (χ4v) is 12.1. The van der Waals surface area contributed by atoms with Crippen LogP contribution in [0.15, 0.2) is 161 Å². The summed E-state index contributed by atoms with van der Waals surface area (Å²) < 4.78 is 25.1. The molecule has 0 spiro atoms. The third-order valence-corrected chi connectivity index (χ3v) is 16.1. The molecule has 7 aromatic carbocycles. The molecule has 0 aliphatic carbocycles. The van der Waals surface area contributed by atoms with Crippen molar-refractivity contribution in [2.24, 2.45) is 0 Å². The number of hydrogen-bond donors (Lipinski definition) is 0. The summed E-state index contributed by atoms with van der Waals surface area (Å²) in [6.45, 7) is 8.22. The summed E-state index contributed by atoms with van der Waals surface area (Å²) in [5.41, 5.74) is 14.7. The van der Waals surface area contributed by atoms with Crippen LogP contribution in [0.2, 0.25) is 17.3 Å². The van der Waals surface area contributed by atoms with E-state index in [-0.39, 0.29) is 20.1 Å². The molecule has 0 bridgehead atoms. The molecule has 0 fully saturated rings. The normalized spacial score (nSPS) is 12.1. The van der Waals surface area contributed by atoms with Gasteiger partial charge in [0.15, 0.2) is 0 Å². The van der Waals surface area contributed by atoms with Gasteiger partial charge >= 0.3 is 120 Å². The third-order valence-electron chi connectivity index (χ3n) is 11.8. The summed E-state index contributed by atoms with van der Waals surface area (Å²) in [5, 5.41) is 4.37. The SMILES string of the molecule is Cc1cc2c(oc3ccccc32)c(C)c1-n1c(-c2[c-]ccc3c2oc2cc(-c4ccccc4)ccc23)nc2ccccc21.[2H]C(C)(C)c1cc(-c2[c-]cccc2)nc[c]1[Ge]([CH3])([CH3])[CH3].[Ir]. The fraction of sp³-hybridized carbons (Fsp3) is 0.143. The van der Waals surface area contributed by atoms with Gasteiger partial charge in [0, 0.05) is 47.5 Å². The molecule has 0 unspecified atom stereocenters. The first-order chi connectivity index (χ1) is 30.3. The molecule has 0 amide bonds. The third kappa shape index (κ3) is 7.65. The molecule has 0 saturated carbocycles. The number of benzene rings is 7. The monoisotopic (exact) mass is 1060 g/mol. The van der Waals surface area contributed by atoms with E-state index in [2.05, 4.69) is 144 Å². The minimum atomic E-state index is -2.03. The molecule has 63 heavy (non-hydrogen) atoms. The van der Waals surface area contributed by atoms with Crippen molar-refractivity contribution in [2.75, 3.05) is 0 Å². The summed E-state index contributed by atoms with van der Waals surface area (Å²) in [7, 11) is 0. The van der Waals surface area contributed by atoms with Crippen molar-refractivity contribution in [1.82, 2.24) is 14.5 Å². The summed E-state index contributed by atoms with van der Waals surface area (Å²) in [6, 6.07) is 56.3. The maximum atomic E-state index is 8.44. The molecule has 0 N–H and O–H groups in total. The number of pyridine rings is 1.